The first-order chi connectivity index (χ1) is 18.4. The van der Waals surface area contributed by atoms with Gasteiger partial charge in [-0.25, -0.2) is 18.3 Å². The molecule has 38 heavy (non-hydrogen) atoms. The number of carbonyl (C=O) groups excluding carboxylic acids is 1. The van der Waals surface area contributed by atoms with Crippen LogP contribution in [-0.2, 0) is 0 Å². The molecule has 0 saturated carbocycles. The van der Waals surface area contributed by atoms with Gasteiger partial charge in [0.15, 0.2) is 11.6 Å². The summed E-state index contributed by atoms with van der Waals surface area (Å²) in [6, 6.07) is 12.6. The number of likely N-dealkylation sites (tertiary alicyclic amines) is 1. The van der Waals surface area contributed by atoms with Crippen LogP contribution in [0, 0.1) is 18.6 Å². The summed E-state index contributed by atoms with van der Waals surface area (Å²) in [6.07, 6.45) is 2.04. The van der Waals surface area contributed by atoms with E-state index < -0.39 is 17.7 Å². The molecule has 5 rings (SSSR count). The van der Waals surface area contributed by atoms with Gasteiger partial charge in [0.05, 0.1) is 41.9 Å². The Balaban J connectivity index is 1.41. The van der Waals surface area contributed by atoms with Gasteiger partial charge >= 0.3 is 6.03 Å². The lowest BCUT2D eigenvalue weighted by atomic mass is 9.94. The Morgan fingerprint density at radius 2 is 1.89 bits per heavy atom. The van der Waals surface area contributed by atoms with Crippen molar-refractivity contribution in [1.82, 2.24) is 20.0 Å². The fourth-order valence-electron chi connectivity index (χ4n) is 5.05. The molecule has 2 aliphatic rings. The molecule has 0 unspecified atom stereocenters. The lowest BCUT2D eigenvalue weighted by Crippen LogP contribution is -2.42. The summed E-state index contributed by atoms with van der Waals surface area (Å²) in [7, 11) is 0. The number of urea groups is 1. The Hall–Kier alpha value is -4.21. The number of hydrogen-bond donors (Lipinski definition) is 2. The fraction of sp³-hybridized carbons (Fsp3) is 0.321. The molecule has 2 N–H and O–H groups in total. The second-order valence-electron chi connectivity index (χ2n) is 9.36. The summed E-state index contributed by atoms with van der Waals surface area (Å²) >= 11 is 0. The minimum atomic E-state index is -0.909. The number of amides is 2. The lowest BCUT2D eigenvalue weighted by Gasteiger charge is -2.21. The van der Waals surface area contributed by atoms with E-state index in [4.69, 9.17) is 4.74 Å². The number of ether oxygens (including phenoxy) is 1. The maximum atomic E-state index is 14.1. The molecule has 2 aliphatic heterocycles. The van der Waals surface area contributed by atoms with Crippen molar-refractivity contribution < 1.29 is 18.3 Å². The summed E-state index contributed by atoms with van der Waals surface area (Å²) in [4.78, 5) is 19.9. The van der Waals surface area contributed by atoms with Crippen molar-refractivity contribution in [2.45, 2.75) is 32.7 Å². The van der Waals surface area contributed by atoms with Gasteiger partial charge in [-0.15, -0.1) is 5.10 Å². The van der Waals surface area contributed by atoms with Crippen molar-refractivity contribution in [3.63, 3.8) is 0 Å². The first-order valence-corrected chi connectivity index (χ1v) is 12.6. The highest BCUT2D eigenvalue weighted by molar-refractivity contribution is 5.99. The molecule has 1 saturated heterocycles. The summed E-state index contributed by atoms with van der Waals surface area (Å²) < 4.78 is 35.1. The van der Waals surface area contributed by atoms with Crippen molar-refractivity contribution >= 4 is 17.6 Å². The molecule has 8 nitrogen and oxygen atoms in total. The van der Waals surface area contributed by atoms with E-state index in [2.05, 4.69) is 25.6 Å². The van der Waals surface area contributed by atoms with Gasteiger partial charge in [-0.1, -0.05) is 24.3 Å². The molecular weight excluding hydrogens is 490 g/mol. The van der Waals surface area contributed by atoms with Crippen LogP contribution in [0.1, 0.15) is 30.9 Å². The van der Waals surface area contributed by atoms with Crippen LogP contribution in [0.2, 0.25) is 0 Å². The summed E-state index contributed by atoms with van der Waals surface area (Å²) in [5, 5.41) is 10.6. The maximum Gasteiger partial charge on any atom is 0.320 e. The Kier molecular flexibility index (Phi) is 7.13. The maximum absolute atomic E-state index is 14.1. The molecule has 2 amide bonds. The van der Waals surface area contributed by atoms with Gasteiger partial charge in [0.25, 0.3) is 0 Å². The first kappa shape index (κ1) is 25.4. The van der Waals surface area contributed by atoms with Crippen LogP contribution in [0.4, 0.5) is 19.4 Å². The van der Waals surface area contributed by atoms with E-state index in [1.54, 1.807) is 10.7 Å². The number of halogens is 2. The molecule has 1 aromatic heterocycles. The molecule has 2 atom stereocenters. The molecule has 3 heterocycles. The zero-order valence-electron chi connectivity index (χ0n) is 21.5. The highest BCUT2D eigenvalue weighted by Gasteiger charge is 2.37. The van der Waals surface area contributed by atoms with E-state index in [1.807, 2.05) is 57.2 Å². The molecule has 0 spiro atoms. The van der Waals surface area contributed by atoms with Gasteiger partial charge < -0.3 is 15.0 Å². The van der Waals surface area contributed by atoms with Gasteiger partial charge in [0.2, 0.25) is 5.88 Å². The van der Waals surface area contributed by atoms with Crippen LogP contribution >= 0.6 is 0 Å². The Bertz CT molecular complexity index is 1400. The van der Waals surface area contributed by atoms with Crippen molar-refractivity contribution in [1.29, 1.82) is 0 Å². The monoisotopic (exact) mass is 520 g/mol. The molecule has 10 heteroatoms. The molecule has 2 aromatic carbocycles. The van der Waals surface area contributed by atoms with Gasteiger partial charge in [0.1, 0.15) is 5.82 Å². The zero-order valence-corrected chi connectivity index (χ0v) is 21.5. The fourth-order valence-corrected chi connectivity index (χ4v) is 5.05. The lowest BCUT2D eigenvalue weighted by molar-refractivity contribution is 0.247. The van der Waals surface area contributed by atoms with E-state index in [0.717, 1.165) is 23.2 Å². The van der Waals surface area contributed by atoms with Gasteiger partial charge in [-0.3, -0.25) is 10.3 Å². The van der Waals surface area contributed by atoms with Gasteiger partial charge in [0, 0.05) is 19.0 Å². The van der Waals surface area contributed by atoms with E-state index >= 15 is 0 Å². The number of benzene rings is 2. The van der Waals surface area contributed by atoms with E-state index in [9.17, 15) is 13.6 Å². The summed E-state index contributed by atoms with van der Waals surface area (Å²) in [5.41, 5.74) is 4.01. The molecule has 0 radical (unpaired) electrons. The van der Waals surface area contributed by atoms with Crippen molar-refractivity contribution in [3.8, 4) is 11.6 Å². The number of rotatable bonds is 7. The van der Waals surface area contributed by atoms with Crippen LogP contribution in [0.25, 0.3) is 5.69 Å². The Morgan fingerprint density at radius 3 is 2.58 bits per heavy atom. The Morgan fingerprint density at radius 1 is 1.11 bits per heavy atom. The minimum Gasteiger partial charge on any atom is -0.477 e. The molecule has 3 aromatic rings. The number of nitrogens with one attached hydrogen (secondary N) is 2. The third-order valence-electron chi connectivity index (χ3n) is 6.93. The second kappa shape index (κ2) is 10.6. The van der Waals surface area contributed by atoms with E-state index in [-0.39, 0.29) is 12.0 Å². The van der Waals surface area contributed by atoms with Crippen LogP contribution in [0.3, 0.4) is 0 Å². The van der Waals surface area contributed by atoms with Crippen LogP contribution in [-0.4, -0.2) is 58.7 Å². The average Bonchev–Trinajstić information content (AvgIpc) is 3.60. The minimum absolute atomic E-state index is 0.260. The molecular formula is C28H30F2N6O2. The van der Waals surface area contributed by atoms with Crippen molar-refractivity contribution in [2.24, 2.45) is 4.99 Å². The number of hydrogen-bond acceptors (Lipinski definition) is 5. The van der Waals surface area contributed by atoms with E-state index in [0.29, 0.717) is 49.1 Å². The van der Waals surface area contributed by atoms with Crippen LogP contribution < -0.4 is 15.4 Å². The molecule has 0 aliphatic carbocycles. The smallest absolute Gasteiger partial charge is 0.320 e. The van der Waals surface area contributed by atoms with Crippen molar-refractivity contribution in [2.75, 3.05) is 31.6 Å². The number of anilines is 1. The predicted octanol–water partition coefficient (Wildman–Crippen LogP) is 4.81. The van der Waals surface area contributed by atoms with Gasteiger partial charge in [-0.2, -0.15) is 0 Å². The third kappa shape index (κ3) is 4.98. The highest BCUT2D eigenvalue weighted by atomic mass is 19.2. The molecule has 1 fully saturated rings. The number of aromatic nitrogens is 2. The molecule has 198 valence electrons. The number of para-hydroxylation sites is 1. The third-order valence-corrected chi connectivity index (χ3v) is 6.93. The quantitative estimate of drug-likeness (QED) is 0.469. The molecule has 0 bridgehead atoms. The first-order valence-electron chi connectivity index (χ1n) is 12.6. The number of allylic oxidation sites excluding steroid dienone is 1. The normalized spacial score (nSPS) is 18.8. The summed E-state index contributed by atoms with van der Waals surface area (Å²) in [6.45, 7) is 7.73. The Labute approximate surface area is 220 Å². The van der Waals surface area contributed by atoms with Crippen molar-refractivity contribution in [3.05, 3.63) is 83.1 Å². The topological polar surface area (TPSA) is 83.8 Å². The predicted molar refractivity (Wildman–Crippen MR) is 142 cm³/mol. The average molecular weight is 521 g/mol. The number of carbonyl (C=O) groups is 1. The van der Waals surface area contributed by atoms with Crippen LogP contribution in [0.5, 0.6) is 5.88 Å². The SMILES string of the molecule is CCOc1nn(-c2ccccc2)c(NC(=O)N[C@@H]2CN(C3=CCN=C3C)C[C@H]2c2ccc(F)c(F)c2)c1C. The van der Waals surface area contributed by atoms with Gasteiger partial charge in [-0.05, 0) is 56.7 Å². The zero-order chi connectivity index (χ0) is 26.8. The standard InChI is InChI=1S/C28H30F2N6O2/c1-4-38-27-17(2)26(36(34-27)20-8-6-5-7-9-20)33-28(37)32-24-16-35(25-12-13-31-18(25)3)15-21(24)19-10-11-22(29)23(30)14-19/h5-12,14,21,24H,4,13,15-16H2,1-3H3,(H2,32,33,37)/t21-,24+/m0/s1. The summed E-state index contributed by atoms with van der Waals surface area (Å²) in [5.74, 6) is -1.15. The number of aliphatic imine (C=N–C) groups is 1. The highest BCUT2D eigenvalue weighted by Crippen LogP contribution is 2.33. The number of nitrogens with zero attached hydrogens (tertiary/aromatic N) is 4. The second-order valence-corrected chi connectivity index (χ2v) is 9.36. The van der Waals surface area contributed by atoms with Crippen LogP contribution in [0.15, 0.2) is 65.3 Å². The largest absolute Gasteiger partial charge is 0.477 e. The van der Waals surface area contributed by atoms with E-state index in [1.165, 1.54) is 6.07 Å².